The van der Waals surface area contributed by atoms with Gasteiger partial charge in [-0.25, -0.2) is 0 Å². The highest BCUT2D eigenvalue weighted by molar-refractivity contribution is 5.77. The largest absolute Gasteiger partial charge is 0.380 e. The van der Waals surface area contributed by atoms with Gasteiger partial charge in [0, 0.05) is 24.7 Å². The number of hydrogen-bond acceptors (Lipinski definition) is 3. The Kier molecular flexibility index (Phi) is 3.61. The molecule has 92 valence electrons. The maximum absolute atomic E-state index is 11.5. The molecule has 2 N–H and O–H groups in total. The Morgan fingerprint density at radius 3 is 3.00 bits per heavy atom. The van der Waals surface area contributed by atoms with Crippen LogP contribution in [-0.4, -0.2) is 23.5 Å². The zero-order valence-corrected chi connectivity index (χ0v) is 10.4. The number of anilines is 1. The van der Waals surface area contributed by atoms with Crippen molar-refractivity contribution >= 4 is 11.6 Å². The lowest BCUT2D eigenvalue weighted by Gasteiger charge is -2.18. The molecule has 1 fully saturated rings. The van der Waals surface area contributed by atoms with E-state index in [9.17, 15) is 4.79 Å². The topological polar surface area (TPSA) is 54.0 Å². The molecule has 0 saturated carbocycles. The third-order valence-electron chi connectivity index (χ3n) is 3.07. The first-order valence-corrected chi connectivity index (χ1v) is 6.12. The van der Waals surface area contributed by atoms with E-state index in [0.29, 0.717) is 6.42 Å². The first-order chi connectivity index (χ1) is 8.15. The fourth-order valence-corrected chi connectivity index (χ4v) is 2.16. The molecule has 1 atom stereocenters. The van der Waals surface area contributed by atoms with Crippen molar-refractivity contribution in [1.82, 2.24) is 10.3 Å². The SMILES string of the molecule is Cc1ccc(NC2CCCNC(=O)C2)c(C)n1. The number of aryl methyl sites for hydroxylation is 2. The zero-order valence-electron chi connectivity index (χ0n) is 10.4. The quantitative estimate of drug-likeness (QED) is 0.818. The summed E-state index contributed by atoms with van der Waals surface area (Å²) in [7, 11) is 0. The molecule has 1 aliphatic heterocycles. The summed E-state index contributed by atoms with van der Waals surface area (Å²) in [6.07, 6.45) is 2.60. The monoisotopic (exact) mass is 233 g/mol. The molecule has 0 aliphatic carbocycles. The van der Waals surface area contributed by atoms with E-state index >= 15 is 0 Å². The van der Waals surface area contributed by atoms with Gasteiger partial charge in [-0.05, 0) is 38.8 Å². The smallest absolute Gasteiger partial charge is 0.222 e. The molecule has 1 aromatic heterocycles. The fourth-order valence-electron chi connectivity index (χ4n) is 2.16. The van der Waals surface area contributed by atoms with Gasteiger partial charge in [-0.3, -0.25) is 9.78 Å². The number of amides is 1. The number of nitrogens with one attached hydrogen (secondary N) is 2. The van der Waals surface area contributed by atoms with Crippen LogP contribution in [0.3, 0.4) is 0 Å². The Labute approximate surface area is 102 Å². The first kappa shape index (κ1) is 11.9. The summed E-state index contributed by atoms with van der Waals surface area (Å²) in [6.45, 7) is 4.77. The Bertz CT molecular complexity index is 417. The van der Waals surface area contributed by atoms with Gasteiger partial charge in [0.2, 0.25) is 5.91 Å². The van der Waals surface area contributed by atoms with E-state index in [-0.39, 0.29) is 11.9 Å². The normalized spacial score (nSPS) is 20.6. The number of rotatable bonds is 2. The predicted molar refractivity (Wildman–Crippen MR) is 68.0 cm³/mol. The minimum absolute atomic E-state index is 0.137. The standard InChI is InChI=1S/C13H19N3O/c1-9-5-6-12(10(2)15-9)16-11-4-3-7-14-13(17)8-11/h5-6,11,16H,3-4,7-8H2,1-2H3,(H,14,17). The third-order valence-corrected chi connectivity index (χ3v) is 3.07. The molecule has 4 nitrogen and oxygen atoms in total. The van der Waals surface area contributed by atoms with Gasteiger partial charge in [0.15, 0.2) is 0 Å². The Morgan fingerprint density at radius 2 is 2.24 bits per heavy atom. The van der Waals surface area contributed by atoms with E-state index in [2.05, 4.69) is 15.6 Å². The van der Waals surface area contributed by atoms with E-state index in [1.54, 1.807) is 0 Å². The Balaban J connectivity index is 2.06. The van der Waals surface area contributed by atoms with Gasteiger partial charge < -0.3 is 10.6 Å². The summed E-state index contributed by atoms with van der Waals surface area (Å²) in [4.78, 5) is 15.9. The molecule has 1 saturated heterocycles. The molecule has 1 amide bonds. The van der Waals surface area contributed by atoms with Crippen LogP contribution in [0.4, 0.5) is 5.69 Å². The summed E-state index contributed by atoms with van der Waals surface area (Å²) in [6, 6.07) is 4.26. The number of carbonyl (C=O) groups is 1. The highest BCUT2D eigenvalue weighted by Gasteiger charge is 2.17. The second-order valence-corrected chi connectivity index (χ2v) is 4.62. The maximum Gasteiger partial charge on any atom is 0.222 e. The molecular formula is C13H19N3O. The van der Waals surface area contributed by atoms with Crippen molar-refractivity contribution in [2.45, 2.75) is 39.2 Å². The number of carbonyl (C=O) groups excluding carboxylic acids is 1. The number of pyridine rings is 1. The fraction of sp³-hybridized carbons (Fsp3) is 0.538. The molecule has 4 heteroatoms. The van der Waals surface area contributed by atoms with Crippen molar-refractivity contribution in [2.24, 2.45) is 0 Å². The summed E-state index contributed by atoms with van der Waals surface area (Å²) >= 11 is 0. The van der Waals surface area contributed by atoms with Crippen molar-refractivity contribution in [3.8, 4) is 0 Å². The van der Waals surface area contributed by atoms with Crippen LogP contribution >= 0.6 is 0 Å². The lowest BCUT2D eigenvalue weighted by molar-refractivity contribution is -0.120. The van der Waals surface area contributed by atoms with Gasteiger partial charge in [-0.15, -0.1) is 0 Å². The summed E-state index contributed by atoms with van der Waals surface area (Å²) < 4.78 is 0. The molecule has 1 unspecified atom stereocenters. The maximum atomic E-state index is 11.5. The van der Waals surface area contributed by atoms with Crippen LogP contribution in [0.25, 0.3) is 0 Å². The van der Waals surface area contributed by atoms with E-state index in [0.717, 1.165) is 36.5 Å². The van der Waals surface area contributed by atoms with Gasteiger partial charge >= 0.3 is 0 Å². The van der Waals surface area contributed by atoms with E-state index < -0.39 is 0 Å². The highest BCUT2D eigenvalue weighted by Crippen LogP contribution is 2.17. The van der Waals surface area contributed by atoms with Gasteiger partial charge in [0.1, 0.15) is 0 Å². The zero-order chi connectivity index (χ0) is 12.3. The van der Waals surface area contributed by atoms with E-state index in [1.165, 1.54) is 0 Å². The molecule has 1 aromatic rings. The second kappa shape index (κ2) is 5.17. The molecule has 0 aromatic carbocycles. The summed E-state index contributed by atoms with van der Waals surface area (Å²) in [5, 5.41) is 6.31. The van der Waals surface area contributed by atoms with Crippen LogP contribution in [0.2, 0.25) is 0 Å². The lowest BCUT2D eigenvalue weighted by Crippen LogP contribution is -2.27. The second-order valence-electron chi connectivity index (χ2n) is 4.62. The highest BCUT2D eigenvalue weighted by atomic mass is 16.1. The van der Waals surface area contributed by atoms with Crippen molar-refractivity contribution in [1.29, 1.82) is 0 Å². The Hall–Kier alpha value is -1.58. The van der Waals surface area contributed by atoms with Crippen molar-refractivity contribution in [3.63, 3.8) is 0 Å². The van der Waals surface area contributed by atoms with E-state index in [4.69, 9.17) is 0 Å². The van der Waals surface area contributed by atoms with Crippen LogP contribution < -0.4 is 10.6 Å². The van der Waals surface area contributed by atoms with Crippen LogP contribution in [0.5, 0.6) is 0 Å². The third kappa shape index (κ3) is 3.19. The van der Waals surface area contributed by atoms with Crippen LogP contribution in [0, 0.1) is 13.8 Å². The molecule has 0 bridgehead atoms. The molecular weight excluding hydrogens is 214 g/mol. The van der Waals surface area contributed by atoms with Gasteiger partial charge in [0.05, 0.1) is 11.4 Å². The molecule has 17 heavy (non-hydrogen) atoms. The van der Waals surface area contributed by atoms with Gasteiger partial charge in [-0.2, -0.15) is 0 Å². The lowest BCUT2D eigenvalue weighted by atomic mass is 10.1. The van der Waals surface area contributed by atoms with Crippen LogP contribution in [0.15, 0.2) is 12.1 Å². The number of aromatic nitrogens is 1. The minimum Gasteiger partial charge on any atom is -0.380 e. The Morgan fingerprint density at radius 1 is 1.41 bits per heavy atom. The first-order valence-electron chi connectivity index (χ1n) is 6.12. The van der Waals surface area contributed by atoms with Gasteiger partial charge in [0.25, 0.3) is 0 Å². The van der Waals surface area contributed by atoms with Crippen molar-refractivity contribution < 1.29 is 4.79 Å². The summed E-state index contributed by atoms with van der Waals surface area (Å²) in [5.74, 6) is 0.137. The van der Waals surface area contributed by atoms with Crippen LogP contribution in [0.1, 0.15) is 30.7 Å². The summed E-state index contributed by atoms with van der Waals surface area (Å²) in [5.41, 5.74) is 3.05. The number of hydrogen-bond donors (Lipinski definition) is 2. The average Bonchev–Trinajstić information content (AvgIpc) is 2.47. The minimum atomic E-state index is 0.137. The average molecular weight is 233 g/mol. The van der Waals surface area contributed by atoms with Gasteiger partial charge in [-0.1, -0.05) is 0 Å². The predicted octanol–water partition coefficient (Wildman–Crippen LogP) is 1.78. The van der Waals surface area contributed by atoms with E-state index in [1.807, 2.05) is 26.0 Å². The van der Waals surface area contributed by atoms with Crippen molar-refractivity contribution in [3.05, 3.63) is 23.5 Å². The van der Waals surface area contributed by atoms with Crippen molar-refractivity contribution in [2.75, 3.05) is 11.9 Å². The molecule has 0 radical (unpaired) electrons. The van der Waals surface area contributed by atoms with Crippen LogP contribution in [-0.2, 0) is 4.79 Å². The molecule has 2 heterocycles. The molecule has 0 spiro atoms. The molecule has 2 rings (SSSR count). The number of nitrogens with zero attached hydrogens (tertiary/aromatic N) is 1. The molecule has 1 aliphatic rings.